The number of thioether (sulfide) groups is 1. The van der Waals surface area contributed by atoms with Crippen LogP contribution in [0.25, 0.3) is 0 Å². The molecule has 1 aromatic heterocycles. The van der Waals surface area contributed by atoms with E-state index in [2.05, 4.69) is 63.7 Å². The Balaban J connectivity index is 2.06. The van der Waals surface area contributed by atoms with Crippen LogP contribution < -0.4 is 0 Å². The Morgan fingerprint density at radius 1 is 1.33 bits per heavy atom. The molecule has 0 bridgehead atoms. The molecule has 2 aromatic rings. The van der Waals surface area contributed by atoms with Crippen molar-refractivity contribution in [1.29, 1.82) is 0 Å². The Morgan fingerprint density at radius 3 is 2.67 bits per heavy atom. The third-order valence-electron chi connectivity index (χ3n) is 2.74. The lowest BCUT2D eigenvalue weighted by Crippen LogP contribution is -2.00. The highest BCUT2D eigenvalue weighted by molar-refractivity contribution is 9.09. The Hall–Kier alpha value is -0.810. The summed E-state index contributed by atoms with van der Waals surface area (Å²) in [5.41, 5.74) is 2.24. The van der Waals surface area contributed by atoms with E-state index in [4.69, 9.17) is 0 Å². The van der Waals surface area contributed by atoms with Crippen molar-refractivity contribution in [3.05, 3.63) is 41.7 Å². The molecule has 0 radical (unpaired) electrons. The topological polar surface area (TPSA) is 30.7 Å². The van der Waals surface area contributed by atoms with Gasteiger partial charge in [0.2, 0.25) is 0 Å². The maximum atomic E-state index is 4.18. The van der Waals surface area contributed by atoms with Crippen molar-refractivity contribution in [3.8, 4) is 0 Å². The summed E-state index contributed by atoms with van der Waals surface area (Å²) in [5.74, 6) is 0. The molecule has 0 fully saturated rings. The maximum absolute atomic E-state index is 4.18. The molecule has 0 saturated heterocycles. The molecule has 0 N–H and O–H groups in total. The predicted octanol–water partition coefficient (Wildman–Crippen LogP) is 3.89. The molecule has 3 nitrogen and oxygen atoms in total. The van der Waals surface area contributed by atoms with Gasteiger partial charge in [-0.2, -0.15) is 0 Å². The number of alkyl halides is 1. The quantitative estimate of drug-likeness (QED) is 0.617. The van der Waals surface area contributed by atoms with Crippen LogP contribution in [0.2, 0.25) is 0 Å². The van der Waals surface area contributed by atoms with Crippen LogP contribution >= 0.6 is 27.7 Å². The van der Waals surface area contributed by atoms with Crippen LogP contribution in [0.15, 0.2) is 35.4 Å². The number of benzene rings is 1. The van der Waals surface area contributed by atoms with E-state index in [-0.39, 0.29) is 0 Å². The van der Waals surface area contributed by atoms with Gasteiger partial charge in [-0.05, 0) is 30.4 Å². The molecule has 1 atom stereocenters. The van der Waals surface area contributed by atoms with E-state index in [1.165, 1.54) is 10.5 Å². The lowest BCUT2D eigenvalue weighted by Gasteiger charge is -2.02. The summed E-state index contributed by atoms with van der Waals surface area (Å²) < 4.78 is 1.88. The zero-order chi connectivity index (χ0) is 13.0. The van der Waals surface area contributed by atoms with E-state index in [0.717, 1.165) is 18.7 Å². The molecular formula is C13H16BrN3S. The van der Waals surface area contributed by atoms with Gasteiger partial charge in [0.1, 0.15) is 0 Å². The highest BCUT2D eigenvalue weighted by atomic mass is 79.9. The molecule has 5 heteroatoms. The first-order valence-corrected chi connectivity index (χ1v) is 8.04. The summed E-state index contributed by atoms with van der Waals surface area (Å²) in [5, 5.41) is 8.33. The Kier molecular flexibility index (Phi) is 4.83. The predicted molar refractivity (Wildman–Crippen MR) is 79.3 cm³/mol. The molecule has 96 valence electrons. The molecule has 0 amide bonds. The highest BCUT2D eigenvalue weighted by Gasteiger charge is 2.09. The number of hydrogen-bond donors (Lipinski definition) is 0. The zero-order valence-electron chi connectivity index (χ0n) is 10.5. The molecule has 0 aliphatic rings. The lowest BCUT2D eigenvalue weighted by atomic mass is 10.2. The second-order valence-corrected chi connectivity index (χ2v) is 6.05. The summed E-state index contributed by atoms with van der Waals surface area (Å²) >= 11 is 5.34. The van der Waals surface area contributed by atoms with E-state index in [1.54, 1.807) is 11.8 Å². The maximum Gasteiger partial charge on any atom is 0.0963 e. The van der Waals surface area contributed by atoms with Gasteiger partial charge in [-0.1, -0.05) is 40.2 Å². The van der Waals surface area contributed by atoms with E-state index < -0.39 is 0 Å². The number of halogens is 1. The summed E-state index contributed by atoms with van der Waals surface area (Å²) in [6, 6.07) is 8.55. The van der Waals surface area contributed by atoms with Gasteiger partial charge in [0.15, 0.2) is 0 Å². The van der Waals surface area contributed by atoms with Gasteiger partial charge < -0.3 is 0 Å². The van der Waals surface area contributed by atoms with Gasteiger partial charge in [0.25, 0.3) is 0 Å². The molecule has 1 unspecified atom stereocenters. The monoisotopic (exact) mass is 325 g/mol. The first-order chi connectivity index (χ1) is 8.72. The van der Waals surface area contributed by atoms with Crippen molar-refractivity contribution >= 4 is 27.7 Å². The van der Waals surface area contributed by atoms with Crippen LogP contribution in [0.1, 0.15) is 29.4 Å². The molecule has 1 heterocycles. The van der Waals surface area contributed by atoms with Crippen LogP contribution in [0.5, 0.6) is 0 Å². The standard InChI is InChI=1S/C13H16BrN3S/c1-3-12(14)13-9-17(16-15-13)8-10-4-6-11(18-2)7-5-10/h4-7,9,12H,3,8H2,1-2H3. The fourth-order valence-electron chi connectivity index (χ4n) is 1.66. The van der Waals surface area contributed by atoms with Gasteiger partial charge in [-0.25, -0.2) is 4.68 Å². The van der Waals surface area contributed by atoms with Gasteiger partial charge in [-0.3, -0.25) is 0 Å². The SMILES string of the molecule is CCC(Br)c1cn(Cc2ccc(SC)cc2)nn1. The second-order valence-electron chi connectivity index (χ2n) is 4.06. The number of rotatable bonds is 5. The molecule has 0 aliphatic carbocycles. The minimum Gasteiger partial charge on any atom is -0.248 e. The summed E-state index contributed by atoms with van der Waals surface area (Å²) in [7, 11) is 0. The largest absolute Gasteiger partial charge is 0.248 e. The van der Waals surface area contributed by atoms with Crippen molar-refractivity contribution in [2.75, 3.05) is 6.26 Å². The van der Waals surface area contributed by atoms with Crippen LogP contribution in [0.4, 0.5) is 0 Å². The summed E-state index contributed by atoms with van der Waals surface area (Å²) in [4.78, 5) is 1.58. The Labute approximate surface area is 120 Å². The molecule has 0 spiro atoms. The van der Waals surface area contributed by atoms with Gasteiger partial charge in [-0.15, -0.1) is 16.9 Å². The average Bonchev–Trinajstić information content (AvgIpc) is 2.87. The van der Waals surface area contributed by atoms with Gasteiger partial charge in [0, 0.05) is 11.1 Å². The van der Waals surface area contributed by atoms with E-state index in [1.807, 2.05) is 10.9 Å². The first-order valence-electron chi connectivity index (χ1n) is 5.90. The highest BCUT2D eigenvalue weighted by Crippen LogP contribution is 2.23. The van der Waals surface area contributed by atoms with Crippen molar-refractivity contribution in [3.63, 3.8) is 0 Å². The number of hydrogen-bond acceptors (Lipinski definition) is 3. The Morgan fingerprint density at radius 2 is 2.06 bits per heavy atom. The van der Waals surface area contributed by atoms with Crippen molar-refractivity contribution in [2.45, 2.75) is 29.6 Å². The van der Waals surface area contributed by atoms with Crippen molar-refractivity contribution < 1.29 is 0 Å². The van der Waals surface area contributed by atoms with E-state index >= 15 is 0 Å². The third kappa shape index (κ3) is 3.36. The fourth-order valence-corrected chi connectivity index (χ4v) is 2.28. The lowest BCUT2D eigenvalue weighted by molar-refractivity contribution is 0.649. The van der Waals surface area contributed by atoms with Crippen LogP contribution in [-0.4, -0.2) is 21.2 Å². The summed E-state index contributed by atoms with van der Waals surface area (Å²) in [6.07, 6.45) is 5.10. The van der Waals surface area contributed by atoms with E-state index in [9.17, 15) is 0 Å². The van der Waals surface area contributed by atoms with Crippen molar-refractivity contribution in [1.82, 2.24) is 15.0 Å². The molecule has 0 saturated carbocycles. The molecule has 18 heavy (non-hydrogen) atoms. The Bertz CT molecular complexity index is 495. The first kappa shape index (κ1) is 13.6. The number of nitrogens with zero attached hydrogens (tertiary/aromatic N) is 3. The molecular weight excluding hydrogens is 310 g/mol. The number of aromatic nitrogens is 3. The van der Waals surface area contributed by atoms with Gasteiger partial charge in [0.05, 0.1) is 17.1 Å². The van der Waals surface area contributed by atoms with Gasteiger partial charge >= 0.3 is 0 Å². The minimum atomic E-state index is 0.296. The summed E-state index contributed by atoms with van der Waals surface area (Å²) in [6.45, 7) is 2.89. The fraction of sp³-hybridized carbons (Fsp3) is 0.385. The van der Waals surface area contributed by atoms with Crippen LogP contribution in [0.3, 0.4) is 0 Å². The molecule has 0 aliphatic heterocycles. The molecule has 1 aromatic carbocycles. The third-order valence-corrected chi connectivity index (χ3v) is 4.60. The van der Waals surface area contributed by atoms with E-state index in [0.29, 0.717) is 4.83 Å². The zero-order valence-corrected chi connectivity index (χ0v) is 12.9. The van der Waals surface area contributed by atoms with Crippen LogP contribution in [0, 0.1) is 0 Å². The second kappa shape index (κ2) is 6.38. The smallest absolute Gasteiger partial charge is 0.0963 e. The molecule has 2 rings (SSSR count). The average molecular weight is 326 g/mol. The normalized spacial score (nSPS) is 12.6. The van der Waals surface area contributed by atoms with Crippen molar-refractivity contribution in [2.24, 2.45) is 0 Å². The minimum absolute atomic E-state index is 0.296. The van der Waals surface area contributed by atoms with Crippen LogP contribution in [-0.2, 0) is 6.54 Å².